The highest BCUT2D eigenvalue weighted by atomic mass is 32.2. The first-order valence-corrected chi connectivity index (χ1v) is 8.65. The van der Waals surface area contributed by atoms with Crippen LogP contribution in [0, 0.1) is 11.3 Å². The average Bonchev–Trinajstić information content (AvgIpc) is 2.85. The Bertz CT molecular complexity index is 442. The number of ether oxygens (including phenoxy) is 1. The zero-order chi connectivity index (χ0) is 14.1. The summed E-state index contributed by atoms with van der Waals surface area (Å²) in [5, 5.41) is 0. The highest BCUT2D eigenvalue weighted by molar-refractivity contribution is 7.91. The van der Waals surface area contributed by atoms with Gasteiger partial charge in [0, 0.05) is 0 Å². The van der Waals surface area contributed by atoms with Crippen LogP contribution in [0.4, 0.5) is 4.39 Å². The van der Waals surface area contributed by atoms with Crippen LogP contribution in [0.15, 0.2) is 0 Å². The van der Waals surface area contributed by atoms with Crippen molar-refractivity contribution in [3.63, 3.8) is 0 Å². The zero-order valence-electron chi connectivity index (χ0n) is 11.2. The van der Waals surface area contributed by atoms with Gasteiger partial charge in [-0.3, -0.25) is 4.79 Å². The van der Waals surface area contributed by atoms with E-state index in [-0.39, 0.29) is 18.1 Å². The number of carbonyl (C=O) groups excluding carboxylic acids is 1. The van der Waals surface area contributed by atoms with Crippen molar-refractivity contribution in [3.05, 3.63) is 0 Å². The predicted octanol–water partition coefficient (Wildman–Crippen LogP) is 1.88. The van der Waals surface area contributed by atoms with Crippen LogP contribution in [-0.2, 0) is 19.4 Å². The largest absolute Gasteiger partial charge is 0.468 e. The van der Waals surface area contributed by atoms with Crippen molar-refractivity contribution in [2.75, 3.05) is 18.6 Å². The Hall–Kier alpha value is -0.650. The topological polar surface area (TPSA) is 60.4 Å². The third-order valence-corrected chi connectivity index (χ3v) is 6.29. The van der Waals surface area contributed by atoms with Gasteiger partial charge in [0.1, 0.15) is 11.6 Å². The van der Waals surface area contributed by atoms with Crippen LogP contribution in [0.2, 0.25) is 0 Å². The molecule has 2 atom stereocenters. The van der Waals surface area contributed by atoms with Crippen LogP contribution >= 0.6 is 0 Å². The SMILES string of the molecule is COC(=O)C1(CC2CCCC2)CS(=O)(=O)CCC1F. The smallest absolute Gasteiger partial charge is 0.315 e. The molecule has 1 saturated heterocycles. The minimum Gasteiger partial charge on any atom is -0.468 e. The Kier molecular flexibility index (Phi) is 4.18. The van der Waals surface area contributed by atoms with E-state index in [9.17, 15) is 17.6 Å². The summed E-state index contributed by atoms with van der Waals surface area (Å²) in [5.74, 6) is -1.03. The third kappa shape index (κ3) is 2.93. The lowest BCUT2D eigenvalue weighted by molar-refractivity contribution is -0.157. The molecule has 1 aliphatic carbocycles. The number of hydrogen-bond donors (Lipinski definition) is 0. The molecule has 0 N–H and O–H groups in total. The van der Waals surface area contributed by atoms with Gasteiger partial charge >= 0.3 is 5.97 Å². The summed E-state index contributed by atoms with van der Waals surface area (Å²) in [6.07, 6.45) is 2.85. The molecule has 19 heavy (non-hydrogen) atoms. The molecule has 1 saturated carbocycles. The number of carbonyl (C=O) groups is 1. The summed E-state index contributed by atoms with van der Waals surface area (Å²) in [6, 6.07) is 0. The van der Waals surface area contributed by atoms with Gasteiger partial charge in [0.25, 0.3) is 0 Å². The highest BCUT2D eigenvalue weighted by Gasteiger charge is 2.54. The zero-order valence-corrected chi connectivity index (χ0v) is 12.0. The molecule has 6 heteroatoms. The molecule has 2 rings (SSSR count). The molecule has 2 fully saturated rings. The quantitative estimate of drug-likeness (QED) is 0.745. The number of rotatable bonds is 3. The Balaban J connectivity index is 2.28. The van der Waals surface area contributed by atoms with Gasteiger partial charge in [-0.1, -0.05) is 25.7 Å². The van der Waals surface area contributed by atoms with Crippen LogP contribution < -0.4 is 0 Å². The minimum atomic E-state index is -3.36. The summed E-state index contributed by atoms with van der Waals surface area (Å²) in [4.78, 5) is 12.0. The second-order valence-corrected chi connectivity index (χ2v) is 8.03. The molecule has 0 aromatic carbocycles. The van der Waals surface area contributed by atoms with Gasteiger partial charge in [-0.2, -0.15) is 0 Å². The van der Waals surface area contributed by atoms with Gasteiger partial charge in [-0.15, -0.1) is 0 Å². The molecule has 2 aliphatic rings. The number of hydrogen-bond acceptors (Lipinski definition) is 4. The standard InChI is InChI=1S/C13H21FO4S/c1-18-12(15)13(8-10-4-2-3-5-10)9-19(16,17)7-6-11(13)14/h10-11H,2-9H2,1H3. The third-order valence-electron chi connectivity index (χ3n) is 4.48. The fourth-order valence-electron chi connectivity index (χ4n) is 3.50. The normalized spacial score (nSPS) is 35.2. The van der Waals surface area contributed by atoms with Crippen LogP contribution in [0.1, 0.15) is 38.5 Å². The maximum absolute atomic E-state index is 14.4. The first-order valence-electron chi connectivity index (χ1n) is 6.82. The van der Waals surface area contributed by atoms with E-state index in [1.54, 1.807) is 0 Å². The molecule has 0 radical (unpaired) electrons. The summed E-state index contributed by atoms with van der Waals surface area (Å²) in [5.41, 5.74) is -1.47. The van der Waals surface area contributed by atoms with Crippen molar-refractivity contribution in [3.8, 4) is 0 Å². The number of methoxy groups -OCH3 is 1. The molecule has 2 unspecified atom stereocenters. The summed E-state index contributed by atoms with van der Waals surface area (Å²) < 4.78 is 42.8. The molecular formula is C13H21FO4S. The van der Waals surface area contributed by atoms with Crippen LogP contribution in [0.3, 0.4) is 0 Å². The Morgan fingerprint density at radius 2 is 1.95 bits per heavy atom. The Morgan fingerprint density at radius 3 is 2.53 bits per heavy atom. The monoisotopic (exact) mass is 292 g/mol. The number of alkyl halides is 1. The van der Waals surface area contributed by atoms with E-state index in [0.717, 1.165) is 25.7 Å². The van der Waals surface area contributed by atoms with Gasteiger partial charge in [-0.05, 0) is 18.8 Å². The fourth-order valence-corrected chi connectivity index (χ4v) is 5.42. The van der Waals surface area contributed by atoms with Crippen molar-refractivity contribution in [1.29, 1.82) is 0 Å². The number of esters is 1. The maximum atomic E-state index is 14.4. The van der Waals surface area contributed by atoms with Gasteiger partial charge in [0.05, 0.1) is 18.6 Å². The average molecular weight is 292 g/mol. The summed E-state index contributed by atoms with van der Waals surface area (Å²) in [7, 11) is -2.16. The van der Waals surface area contributed by atoms with Crippen LogP contribution in [0.5, 0.6) is 0 Å². The van der Waals surface area contributed by atoms with Crippen molar-refractivity contribution >= 4 is 15.8 Å². The Labute approximate surface area is 113 Å². The molecular weight excluding hydrogens is 271 g/mol. The molecule has 0 spiro atoms. The first kappa shape index (κ1) is 14.8. The van der Waals surface area contributed by atoms with E-state index < -0.39 is 33.1 Å². The second-order valence-electron chi connectivity index (χ2n) is 5.85. The molecule has 1 heterocycles. The van der Waals surface area contributed by atoms with Gasteiger partial charge in [0.15, 0.2) is 9.84 Å². The van der Waals surface area contributed by atoms with E-state index in [0.29, 0.717) is 6.42 Å². The molecule has 0 bridgehead atoms. The first-order chi connectivity index (χ1) is 8.89. The summed E-state index contributed by atoms with van der Waals surface area (Å²) >= 11 is 0. The minimum absolute atomic E-state index is 0.0931. The molecule has 4 nitrogen and oxygen atoms in total. The number of halogens is 1. The lowest BCUT2D eigenvalue weighted by Gasteiger charge is -2.38. The lowest BCUT2D eigenvalue weighted by Crippen LogP contribution is -2.51. The van der Waals surface area contributed by atoms with E-state index in [1.807, 2.05) is 0 Å². The van der Waals surface area contributed by atoms with Crippen molar-refractivity contribution < 1.29 is 22.3 Å². The van der Waals surface area contributed by atoms with Crippen molar-refractivity contribution in [1.82, 2.24) is 0 Å². The Morgan fingerprint density at radius 1 is 1.32 bits per heavy atom. The predicted molar refractivity (Wildman–Crippen MR) is 69.2 cm³/mol. The van der Waals surface area contributed by atoms with Gasteiger partial charge in [0.2, 0.25) is 0 Å². The van der Waals surface area contributed by atoms with Crippen molar-refractivity contribution in [2.24, 2.45) is 11.3 Å². The van der Waals surface area contributed by atoms with Gasteiger partial charge in [-0.25, -0.2) is 12.8 Å². The fraction of sp³-hybridized carbons (Fsp3) is 0.923. The van der Waals surface area contributed by atoms with E-state index in [4.69, 9.17) is 4.74 Å². The maximum Gasteiger partial charge on any atom is 0.315 e. The van der Waals surface area contributed by atoms with E-state index >= 15 is 0 Å². The van der Waals surface area contributed by atoms with Crippen LogP contribution in [0.25, 0.3) is 0 Å². The molecule has 110 valence electrons. The molecule has 0 amide bonds. The molecule has 0 aromatic rings. The lowest BCUT2D eigenvalue weighted by atomic mass is 9.75. The van der Waals surface area contributed by atoms with Crippen molar-refractivity contribution in [2.45, 2.75) is 44.7 Å². The molecule has 0 aromatic heterocycles. The van der Waals surface area contributed by atoms with E-state index in [2.05, 4.69) is 0 Å². The summed E-state index contributed by atoms with van der Waals surface area (Å²) in [6.45, 7) is 0. The molecule has 1 aliphatic heterocycles. The second kappa shape index (κ2) is 5.38. The van der Waals surface area contributed by atoms with E-state index in [1.165, 1.54) is 7.11 Å². The van der Waals surface area contributed by atoms with Crippen LogP contribution in [-0.4, -0.2) is 39.2 Å². The highest BCUT2D eigenvalue weighted by Crippen LogP contribution is 2.44. The van der Waals surface area contributed by atoms with Gasteiger partial charge < -0.3 is 4.74 Å². The number of sulfone groups is 1.